The predicted octanol–water partition coefficient (Wildman–Crippen LogP) is 2.67. The van der Waals surface area contributed by atoms with Gasteiger partial charge in [0.15, 0.2) is 0 Å². The van der Waals surface area contributed by atoms with Crippen molar-refractivity contribution < 1.29 is 22.7 Å². The quantitative estimate of drug-likeness (QED) is 0.602. The summed E-state index contributed by atoms with van der Waals surface area (Å²) in [6, 6.07) is 6.11. The molecule has 1 saturated carbocycles. The van der Waals surface area contributed by atoms with E-state index in [1.807, 2.05) is 6.92 Å². The lowest BCUT2D eigenvalue weighted by Gasteiger charge is -2.32. The van der Waals surface area contributed by atoms with Crippen LogP contribution in [0, 0.1) is 5.92 Å². The Bertz CT molecular complexity index is 850. The summed E-state index contributed by atoms with van der Waals surface area (Å²) in [6.45, 7) is 4.76. The van der Waals surface area contributed by atoms with E-state index in [1.165, 1.54) is 21.3 Å². The topological polar surface area (TPSA) is 84.0 Å². The van der Waals surface area contributed by atoms with Crippen LogP contribution in [0.2, 0.25) is 0 Å². The summed E-state index contributed by atoms with van der Waals surface area (Å²) in [5.41, 5.74) is 0.278. The van der Waals surface area contributed by atoms with Crippen molar-refractivity contribution in [3.05, 3.63) is 29.8 Å². The summed E-state index contributed by atoms with van der Waals surface area (Å²) in [5.74, 6) is -0.393. The molecule has 3 rings (SSSR count). The molecule has 1 aromatic rings. The number of amides is 1. The molecule has 0 bridgehead atoms. The van der Waals surface area contributed by atoms with Crippen LogP contribution in [0.3, 0.4) is 0 Å². The number of carbonyl (C=O) groups excluding carboxylic acids is 2. The van der Waals surface area contributed by atoms with Gasteiger partial charge in [0.25, 0.3) is 5.91 Å². The summed E-state index contributed by atoms with van der Waals surface area (Å²) < 4.78 is 32.8. The number of sulfonamides is 1. The Morgan fingerprint density at radius 2 is 1.97 bits per heavy atom. The Balaban J connectivity index is 1.82. The van der Waals surface area contributed by atoms with Crippen LogP contribution in [0.4, 0.5) is 0 Å². The zero-order chi connectivity index (χ0) is 21.0. The normalized spacial score (nSPS) is 20.3. The first-order chi connectivity index (χ1) is 13.8. The zero-order valence-corrected chi connectivity index (χ0v) is 18.0. The predicted molar refractivity (Wildman–Crippen MR) is 109 cm³/mol. The number of piperidine rings is 1. The van der Waals surface area contributed by atoms with Crippen LogP contribution in [0.15, 0.2) is 29.2 Å². The average Bonchev–Trinajstić information content (AvgIpc) is 3.51. The van der Waals surface area contributed by atoms with E-state index < -0.39 is 16.0 Å². The Hall–Kier alpha value is -1.93. The fourth-order valence-electron chi connectivity index (χ4n) is 3.73. The van der Waals surface area contributed by atoms with Crippen LogP contribution < -0.4 is 0 Å². The van der Waals surface area contributed by atoms with Crippen LogP contribution in [0.25, 0.3) is 0 Å². The largest absolute Gasteiger partial charge is 0.465 e. The molecule has 1 saturated heterocycles. The van der Waals surface area contributed by atoms with E-state index in [2.05, 4.69) is 0 Å². The second kappa shape index (κ2) is 9.26. The first-order valence-electron chi connectivity index (χ1n) is 10.4. The van der Waals surface area contributed by atoms with E-state index in [1.54, 1.807) is 19.1 Å². The van der Waals surface area contributed by atoms with Crippen LogP contribution >= 0.6 is 0 Å². The Labute approximate surface area is 173 Å². The van der Waals surface area contributed by atoms with Crippen LogP contribution in [0.1, 0.15) is 56.3 Å². The van der Waals surface area contributed by atoms with Crippen LogP contribution in [-0.2, 0) is 19.6 Å². The van der Waals surface area contributed by atoms with Gasteiger partial charge in [0, 0.05) is 24.7 Å². The zero-order valence-electron chi connectivity index (χ0n) is 17.2. The monoisotopic (exact) mass is 422 g/mol. The molecule has 2 fully saturated rings. The van der Waals surface area contributed by atoms with Crippen LogP contribution in [-0.4, -0.2) is 61.8 Å². The smallest absolute Gasteiger partial charge is 0.325 e. The highest BCUT2D eigenvalue weighted by Gasteiger charge is 2.32. The molecule has 0 aromatic heterocycles. The molecule has 0 spiro atoms. The number of rotatable bonds is 8. The first kappa shape index (κ1) is 21.8. The van der Waals surface area contributed by atoms with E-state index >= 15 is 0 Å². The maximum Gasteiger partial charge on any atom is 0.325 e. The highest BCUT2D eigenvalue weighted by Crippen LogP contribution is 2.30. The van der Waals surface area contributed by atoms with Gasteiger partial charge in [-0.25, -0.2) is 8.42 Å². The SMILES string of the molecule is CCOC(=O)CN(CC1CC1)C(=O)c1cccc(S(=O)(=O)N2CCCCC2C)c1. The fourth-order valence-corrected chi connectivity index (χ4v) is 5.48. The summed E-state index contributed by atoms with van der Waals surface area (Å²) in [4.78, 5) is 26.6. The molecule has 0 radical (unpaired) electrons. The molecule has 160 valence electrons. The van der Waals surface area contributed by atoms with Crippen LogP contribution in [0.5, 0.6) is 0 Å². The molecular weight excluding hydrogens is 392 g/mol. The first-order valence-corrected chi connectivity index (χ1v) is 11.8. The van der Waals surface area contributed by atoms with Crippen molar-refractivity contribution in [3.8, 4) is 0 Å². The van der Waals surface area contributed by atoms with E-state index in [-0.39, 0.29) is 35.6 Å². The minimum Gasteiger partial charge on any atom is -0.465 e. The third kappa shape index (κ3) is 5.36. The number of carbonyl (C=O) groups is 2. The summed E-state index contributed by atoms with van der Waals surface area (Å²) in [6.07, 6.45) is 4.78. The second-order valence-corrected chi connectivity index (χ2v) is 9.81. The standard InChI is InChI=1S/C21H30N2O5S/c1-3-28-20(24)15-22(14-17-10-11-17)21(25)18-8-6-9-19(13-18)29(26,27)23-12-5-4-7-16(23)2/h6,8-9,13,16-17H,3-5,7,10-12,14-15H2,1-2H3. The molecule has 8 heteroatoms. The molecule has 7 nitrogen and oxygen atoms in total. The minimum atomic E-state index is -3.66. The average molecular weight is 423 g/mol. The van der Waals surface area contributed by atoms with Gasteiger partial charge in [0.1, 0.15) is 6.54 Å². The van der Waals surface area contributed by atoms with Crippen molar-refractivity contribution in [2.45, 2.75) is 56.9 Å². The van der Waals surface area contributed by atoms with Gasteiger partial charge in [-0.15, -0.1) is 0 Å². The number of hydrogen-bond donors (Lipinski definition) is 0. The molecule has 2 aliphatic rings. The summed E-state index contributed by atoms with van der Waals surface area (Å²) >= 11 is 0. The summed E-state index contributed by atoms with van der Waals surface area (Å²) in [7, 11) is -3.66. The van der Waals surface area contributed by atoms with Gasteiger partial charge < -0.3 is 9.64 Å². The van der Waals surface area contributed by atoms with Gasteiger partial charge >= 0.3 is 5.97 Å². The van der Waals surface area contributed by atoms with Crippen molar-refractivity contribution in [2.75, 3.05) is 26.2 Å². The Kier molecular flexibility index (Phi) is 6.95. The van der Waals surface area contributed by atoms with Crippen molar-refractivity contribution >= 4 is 21.9 Å². The van der Waals surface area contributed by atoms with Gasteiger partial charge in [0.05, 0.1) is 11.5 Å². The van der Waals surface area contributed by atoms with Crippen molar-refractivity contribution in [1.29, 1.82) is 0 Å². The lowest BCUT2D eigenvalue weighted by atomic mass is 10.1. The third-order valence-corrected chi connectivity index (χ3v) is 7.53. The van der Waals surface area contributed by atoms with Crippen molar-refractivity contribution in [1.82, 2.24) is 9.21 Å². The number of ether oxygens (including phenoxy) is 1. The lowest BCUT2D eigenvalue weighted by molar-refractivity contribution is -0.143. The van der Waals surface area contributed by atoms with Gasteiger partial charge in [-0.2, -0.15) is 4.31 Å². The maximum atomic E-state index is 13.1. The van der Waals surface area contributed by atoms with Crippen molar-refractivity contribution in [3.63, 3.8) is 0 Å². The third-order valence-electron chi connectivity index (χ3n) is 5.52. The van der Waals surface area contributed by atoms with E-state index in [0.29, 0.717) is 19.0 Å². The maximum absolute atomic E-state index is 13.1. The Morgan fingerprint density at radius 3 is 2.62 bits per heavy atom. The lowest BCUT2D eigenvalue weighted by Crippen LogP contribution is -2.42. The van der Waals surface area contributed by atoms with Gasteiger partial charge in [-0.1, -0.05) is 12.5 Å². The minimum absolute atomic E-state index is 0.0525. The van der Waals surface area contributed by atoms with E-state index in [0.717, 1.165) is 32.1 Å². The number of hydrogen-bond acceptors (Lipinski definition) is 5. The number of nitrogens with zero attached hydrogens (tertiary/aromatic N) is 2. The van der Waals surface area contributed by atoms with Crippen molar-refractivity contribution in [2.24, 2.45) is 5.92 Å². The van der Waals surface area contributed by atoms with Gasteiger partial charge in [-0.3, -0.25) is 9.59 Å². The fraction of sp³-hybridized carbons (Fsp3) is 0.619. The number of esters is 1. The highest BCUT2D eigenvalue weighted by atomic mass is 32.2. The number of benzene rings is 1. The van der Waals surface area contributed by atoms with E-state index in [9.17, 15) is 18.0 Å². The molecule has 1 atom stereocenters. The highest BCUT2D eigenvalue weighted by molar-refractivity contribution is 7.89. The second-order valence-electron chi connectivity index (χ2n) is 7.92. The van der Waals surface area contributed by atoms with Gasteiger partial charge in [0.2, 0.25) is 10.0 Å². The molecule has 1 aliphatic carbocycles. The van der Waals surface area contributed by atoms with E-state index in [4.69, 9.17) is 4.74 Å². The molecule has 29 heavy (non-hydrogen) atoms. The molecule has 1 aromatic carbocycles. The van der Waals surface area contributed by atoms with Gasteiger partial charge in [-0.05, 0) is 63.6 Å². The molecule has 1 amide bonds. The molecule has 1 unspecified atom stereocenters. The Morgan fingerprint density at radius 1 is 1.21 bits per heavy atom. The molecule has 1 heterocycles. The molecular formula is C21H30N2O5S. The molecule has 1 aliphatic heterocycles. The summed E-state index contributed by atoms with van der Waals surface area (Å²) in [5, 5.41) is 0. The molecule has 0 N–H and O–H groups in total.